The van der Waals surface area contributed by atoms with Crippen LogP contribution >= 0.6 is 11.6 Å². The maximum Gasteiger partial charge on any atom is 0.275 e. The van der Waals surface area contributed by atoms with Crippen molar-refractivity contribution in [3.05, 3.63) is 65.2 Å². The summed E-state index contributed by atoms with van der Waals surface area (Å²) < 4.78 is 8.00. The van der Waals surface area contributed by atoms with Crippen LogP contribution in [0.1, 0.15) is 42.0 Å². The van der Waals surface area contributed by atoms with Crippen LogP contribution in [-0.4, -0.2) is 28.1 Å². The van der Waals surface area contributed by atoms with Gasteiger partial charge < -0.3 is 14.2 Å². The molecule has 1 aliphatic heterocycles. The molecule has 29 heavy (non-hydrogen) atoms. The number of hydrogen-bond donors (Lipinski definition) is 0. The molecule has 0 saturated heterocycles. The second kappa shape index (κ2) is 6.92. The van der Waals surface area contributed by atoms with Gasteiger partial charge in [-0.1, -0.05) is 11.6 Å². The van der Waals surface area contributed by atoms with E-state index in [4.69, 9.17) is 16.3 Å². The van der Waals surface area contributed by atoms with Crippen LogP contribution in [0.25, 0.3) is 11.1 Å². The van der Waals surface area contributed by atoms with Crippen LogP contribution in [0.3, 0.4) is 0 Å². The lowest BCUT2D eigenvalue weighted by Crippen LogP contribution is -2.42. The summed E-state index contributed by atoms with van der Waals surface area (Å²) in [5.41, 5.74) is 4.37. The largest absolute Gasteiger partial charge is 0.489 e. The number of aryl methyl sites for hydroxylation is 1. The Hall–Kier alpha value is -2.79. The standard InChI is InChI=1S/C23H22ClN3O2/c1-14-11-16(7-9-25-14)19-8-10-26-15(2)13-27(23(28)22(19)26)17-3-6-20(24)21(12-17)29-18-4-5-18/h3,6-12,15,18H,4-5,13H2,1-2H3/t15-/m0/s1. The van der Waals surface area contributed by atoms with E-state index in [9.17, 15) is 4.79 Å². The van der Waals surface area contributed by atoms with Gasteiger partial charge in [0.1, 0.15) is 11.4 Å². The highest BCUT2D eigenvalue weighted by atomic mass is 35.5. The molecule has 5 nitrogen and oxygen atoms in total. The van der Waals surface area contributed by atoms with Gasteiger partial charge >= 0.3 is 0 Å². The monoisotopic (exact) mass is 407 g/mol. The van der Waals surface area contributed by atoms with Crippen molar-refractivity contribution in [2.24, 2.45) is 0 Å². The van der Waals surface area contributed by atoms with E-state index in [1.807, 2.05) is 54.4 Å². The molecule has 1 saturated carbocycles. The number of rotatable bonds is 4. The van der Waals surface area contributed by atoms with E-state index in [0.29, 0.717) is 23.0 Å². The predicted octanol–water partition coefficient (Wildman–Crippen LogP) is 5.27. The molecule has 0 N–H and O–H groups in total. The summed E-state index contributed by atoms with van der Waals surface area (Å²) in [6.45, 7) is 4.68. The van der Waals surface area contributed by atoms with Gasteiger partial charge in [-0.2, -0.15) is 0 Å². The fraction of sp³-hybridized carbons (Fsp3) is 0.304. The number of benzene rings is 1. The number of halogens is 1. The van der Waals surface area contributed by atoms with Gasteiger partial charge in [-0.25, -0.2) is 0 Å². The lowest BCUT2D eigenvalue weighted by molar-refractivity contribution is 0.0958. The first kappa shape index (κ1) is 18.3. The Morgan fingerprint density at radius 3 is 2.76 bits per heavy atom. The van der Waals surface area contributed by atoms with Crippen LogP contribution in [0, 0.1) is 6.92 Å². The molecule has 1 atom stereocenters. The number of amides is 1. The Morgan fingerprint density at radius 1 is 1.17 bits per heavy atom. The smallest absolute Gasteiger partial charge is 0.275 e. The summed E-state index contributed by atoms with van der Waals surface area (Å²) in [4.78, 5) is 19.7. The summed E-state index contributed by atoms with van der Waals surface area (Å²) in [5, 5.41) is 0.578. The zero-order valence-electron chi connectivity index (χ0n) is 16.4. The molecular weight excluding hydrogens is 386 g/mol. The van der Waals surface area contributed by atoms with Crippen LogP contribution in [0.2, 0.25) is 5.02 Å². The van der Waals surface area contributed by atoms with Gasteiger partial charge in [0.2, 0.25) is 0 Å². The molecule has 0 spiro atoms. The summed E-state index contributed by atoms with van der Waals surface area (Å²) >= 11 is 6.32. The number of carbonyl (C=O) groups is 1. The molecule has 3 heterocycles. The minimum absolute atomic E-state index is 0.0164. The third-order valence-corrected chi connectivity index (χ3v) is 5.85. The molecule has 1 amide bonds. The molecular formula is C23H22ClN3O2. The fourth-order valence-electron chi connectivity index (χ4n) is 3.89. The SMILES string of the molecule is Cc1cc(-c2ccn3c2C(=O)N(c2ccc(Cl)c(OC4CC4)c2)C[C@@H]3C)ccn1. The lowest BCUT2D eigenvalue weighted by Gasteiger charge is -2.34. The quantitative estimate of drug-likeness (QED) is 0.591. The maximum atomic E-state index is 13.5. The minimum atomic E-state index is -0.0164. The Bertz CT molecular complexity index is 1100. The maximum absolute atomic E-state index is 13.5. The highest BCUT2D eigenvalue weighted by Crippen LogP contribution is 2.38. The van der Waals surface area contributed by atoms with Gasteiger partial charge in [-0.3, -0.25) is 9.78 Å². The number of carbonyl (C=O) groups excluding carboxylic acids is 1. The van der Waals surface area contributed by atoms with E-state index < -0.39 is 0 Å². The van der Waals surface area contributed by atoms with Crippen molar-refractivity contribution in [1.29, 1.82) is 0 Å². The third kappa shape index (κ3) is 3.29. The van der Waals surface area contributed by atoms with Gasteiger partial charge in [-0.15, -0.1) is 0 Å². The fourth-order valence-corrected chi connectivity index (χ4v) is 4.05. The molecule has 5 rings (SSSR count). The number of pyridine rings is 1. The Morgan fingerprint density at radius 2 is 2.00 bits per heavy atom. The van der Waals surface area contributed by atoms with Crippen LogP contribution in [-0.2, 0) is 0 Å². The van der Waals surface area contributed by atoms with Crippen LogP contribution in [0.4, 0.5) is 5.69 Å². The number of nitrogens with zero attached hydrogens (tertiary/aromatic N) is 3. The number of aromatic nitrogens is 2. The second-order valence-electron chi connectivity index (χ2n) is 7.87. The van der Waals surface area contributed by atoms with Gasteiger partial charge in [0.15, 0.2) is 0 Å². The molecule has 1 aliphatic carbocycles. The zero-order valence-corrected chi connectivity index (χ0v) is 17.2. The summed E-state index contributed by atoms with van der Waals surface area (Å²) in [6, 6.07) is 11.7. The molecule has 1 aromatic carbocycles. The van der Waals surface area contributed by atoms with E-state index >= 15 is 0 Å². The summed E-state index contributed by atoms with van der Waals surface area (Å²) in [5.74, 6) is 0.635. The van der Waals surface area contributed by atoms with Gasteiger partial charge in [0.05, 0.1) is 11.1 Å². The van der Waals surface area contributed by atoms with Crippen LogP contribution in [0.5, 0.6) is 5.75 Å². The van der Waals surface area contributed by atoms with Crippen molar-refractivity contribution in [2.45, 2.75) is 38.8 Å². The molecule has 6 heteroatoms. The third-order valence-electron chi connectivity index (χ3n) is 5.54. The number of fused-ring (bicyclic) bond motifs is 1. The topological polar surface area (TPSA) is 47.4 Å². The normalized spacial score (nSPS) is 18.7. The number of hydrogen-bond acceptors (Lipinski definition) is 3. The van der Waals surface area contributed by atoms with E-state index in [2.05, 4.69) is 16.5 Å². The van der Waals surface area contributed by atoms with Crippen molar-refractivity contribution < 1.29 is 9.53 Å². The van der Waals surface area contributed by atoms with E-state index in [-0.39, 0.29) is 18.1 Å². The van der Waals surface area contributed by atoms with E-state index in [1.165, 1.54) is 0 Å². The Kier molecular flexibility index (Phi) is 4.36. The Labute approximate surface area is 174 Å². The molecule has 148 valence electrons. The van der Waals surface area contributed by atoms with Crippen molar-refractivity contribution in [2.75, 3.05) is 11.4 Å². The molecule has 3 aromatic rings. The average Bonchev–Trinajstić information content (AvgIpc) is 3.40. The molecule has 0 radical (unpaired) electrons. The van der Waals surface area contributed by atoms with Crippen molar-refractivity contribution >= 4 is 23.2 Å². The van der Waals surface area contributed by atoms with Gasteiger partial charge in [0.25, 0.3) is 5.91 Å². The summed E-state index contributed by atoms with van der Waals surface area (Å²) in [6.07, 6.45) is 6.15. The highest BCUT2D eigenvalue weighted by molar-refractivity contribution is 6.32. The molecule has 1 fully saturated rings. The van der Waals surface area contributed by atoms with E-state index in [1.54, 1.807) is 6.20 Å². The summed E-state index contributed by atoms with van der Waals surface area (Å²) in [7, 11) is 0. The predicted molar refractivity (Wildman–Crippen MR) is 114 cm³/mol. The second-order valence-corrected chi connectivity index (χ2v) is 8.28. The average molecular weight is 408 g/mol. The van der Waals surface area contributed by atoms with Crippen LogP contribution in [0.15, 0.2) is 48.8 Å². The Balaban J connectivity index is 1.55. The highest BCUT2D eigenvalue weighted by Gasteiger charge is 2.33. The van der Waals surface area contributed by atoms with Crippen LogP contribution < -0.4 is 9.64 Å². The lowest BCUT2D eigenvalue weighted by atomic mass is 10.0. The molecule has 2 aromatic heterocycles. The zero-order chi connectivity index (χ0) is 20.1. The van der Waals surface area contributed by atoms with Gasteiger partial charge in [0, 0.05) is 48.0 Å². The van der Waals surface area contributed by atoms with Crippen molar-refractivity contribution in [1.82, 2.24) is 9.55 Å². The molecule has 0 bridgehead atoms. The molecule has 2 aliphatic rings. The first-order chi connectivity index (χ1) is 14.0. The van der Waals surface area contributed by atoms with E-state index in [0.717, 1.165) is 35.3 Å². The first-order valence-corrected chi connectivity index (χ1v) is 10.3. The van der Waals surface area contributed by atoms with Crippen molar-refractivity contribution in [3.63, 3.8) is 0 Å². The minimum Gasteiger partial charge on any atom is -0.489 e. The van der Waals surface area contributed by atoms with Crippen molar-refractivity contribution in [3.8, 4) is 16.9 Å². The van der Waals surface area contributed by atoms with Gasteiger partial charge in [-0.05, 0) is 62.6 Å². The molecule has 0 unspecified atom stereocenters. The first-order valence-electron chi connectivity index (χ1n) is 9.93. The number of ether oxygens (including phenoxy) is 1. The number of anilines is 1.